The van der Waals surface area contributed by atoms with Crippen molar-refractivity contribution in [2.75, 3.05) is 6.54 Å². The zero-order valence-corrected chi connectivity index (χ0v) is 13.0. The Kier molecular flexibility index (Phi) is 6.42. The molecule has 1 aromatic carbocycles. The van der Waals surface area contributed by atoms with Gasteiger partial charge in [0, 0.05) is 12.7 Å². The average molecular weight is 297 g/mol. The summed E-state index contributed by atoms with van der Waals surface area (Å²) in [5.41, 5.74) is 1.85. The van der Waals surface area contributed by atoms with Gasteiger partial charge in [-0.2, -0.15) is 0 Å². The molecule has 4 nitrogen and oxygen atoms in total. The van der Waals surface area contributed by atoms with Crippen molar-refractivity contribution in [1.82, 2.24) is 15.6 Å². The summed E-state index contributed by atoms with van der Waals surface area (Å²) < 4.78 is 0. The molecule has 0 aliphatic heterocycles. The van der Waals surface area contributed by atoms with E-state index in [1.165, 1.54) is 0 Å². The first-order valence-electron chi connectivity index (χ1n) is 7.81. The summed E-state index contributed by atoms with van der Waals surface area (Å²) in [6.45, 7) is 2.84. The van der Waals surface area contributed by atoms with Crippen molar-refractivity contribution in [2.24, 2.45) is 0 Å². The molecule has 0 aliphatic rings. The molecule has 2 N–H and O–H groups in total. The molecule has 1 unspecified atom stereocenters. The average Bonchev–Trinajstić information content (AvgIpc) is 2.58. The molecule has 116 valence electrons. The lowest BCUT2D eigenvalue weighted by Crippen LogP contribution is -2.39. The number of aromatic nitrogens is 1. The molecule has 0 radical (unpaired) electrons. The van der Waals surface area contributed by atoms with Gasteiger partial charge in [0.1, 0.15) is 0 Å². The van der Waals surface area contributed by atoms with Crippen molar-refractivity contribution in [3.8, 4) is 0 Å². The predicted molar refractivity (Wildman–Crippen MR) is 88.6 cm³/mol. The van der Waals surface area contributed by atoms with Gasteiger partial charge in [0.05, 0.1) is 11.7 Å². The van der Waals surface area contributed by atoms with Crippen LogP contribution in [0.25, 0.3) is 0 Å². The lowest BCUT2D eigenvalue weighted by atomic mass is 10.0. The number of benzene rings is 1. The van der Waals surface area contributed by atoms with Crippen LogP contribution in [-0.4, -0.2) is 17.6 Å². The number of pyridine rings is 1. The summed E-state index contributed by atoms with van der Waals surface area (Å²) in [6, 6.07) is 15.2. The van der Waals surface area contributed by atoms with Gasteiger partial charge in [0.15, 0.2) is 0 Å². The Hall–Kier alpha value is -2.36. The molecule has 1 atom stereocenters. The molecule has 1 aromatic heterocycles. The van der Waals surface area contributed by atoms with Crippen LogP contribution < -0.4 is 10.6 Å². The van der Waals surface area contributed by atoms with E-state index in [2.05, 4.69) is 22.5 Å². The third-order valence-corrected chi connectivity index (χ3v) is 3.46. The third-order valence-electron chi connectivity index (χ3n) is 3.46. The highest BCUT2D eigenvalue weighted by atomic mass is 16.2. The van der Waals surface area contributed by atoms with Crippen molar-refractivity contribution in [3.05, 3.63) is 66.0 Å². The molecular formula is C18H23N3O. The zero-order chi connectivity index (χ0) is 15.6. The second-order valence-corrected chi connectivity index (χ2v) is 5.21. The van der Waals surface area contributed by atoms with Gasteiger partial charge in [0.2, 0.25) is 0 Å². The zero-order valence-electron chi connectivity index (χ0n) is 13.0. The minimum absolute atomic E-state index is 0.157. The van der Waals surface area contributed by atoms with E-state index in [0.29, 0.717) is 6.54 Å². The van der Waals surface area contributed by atoms with Crippen LogP contribution in [-0.2, 0) is 0 Å². The standard InChI is InChI=1S/C18H23N3O/c1-2-3-8-14-20-18(22)21-17(15-10-5-4-6-11-15)16-12-7-9-13-19-16/h4-7,9-13,17H,2-3,8,14H2,1H3,(H2,20,21,22). The molecule has 2 amide bonds. The smallest absolute Gasteiger partial charge is 0.315 e. The molecule has 0 aliphatic carbocycles. The number of nitrogens with zero attached hydrogens (tertiary/aromatic N) is 1. The van der Waals surface area contributed by atoms with Crippen LogP contribution in [0.2, 0.25) is 0 Å². The largest absolute Gasteiger partial charge is 0.338 e. The SMILES string of the molecule is CCCCCNC(=O)NC(c1ccccc1)c1ccccn1. The topological polar surface area (TPSA) is 54.0 Å². The molecular weight excluding hydrogens is 274 g/mol. The molecule has 2 rings (SSSR count). The Balaban J connectivity index is 2.04. The second kappa shape index (κ2) is 8.82. The number of carbonyl (C=O) groups is 1. The van der Waals surface area contributed by atoms with Gasteiger partial charge in [-0.05, 0) is 24.1 Å². The molecule has 0 fully saturated rings. The van der Waals surface area contributed by atoms with Gasteiger partial charge in [-0.25, -0.2) is 4.79 Å². The number of unbranched alkanes of at least 4 members (excludes halogenated alkanes) is 2. The van der Waals surface area contributed by atoms with Crippen molar-refractivity contribution in [3.63, 3.8) is 0 Å². The van der Waals surface area contributed by atoms with Crippen molar-refractivity contribution in [2.45, 2.75) is 32.2 Å². The molecule has 4 heteroatoms. The summed E-state index contributed by atoms with van der Waals surface area (Å²) in [5.74, 6) is 0. The van der Waals surface area contributed by atoms with Crippen LogP contribution in [0.4, 0.5) is 4.79 Å². The minimum atomic E-state index is -0.242. The predicted octanol–water partition coefficient (Wildman–Crippen LogP) is 3.66. The summed E-state index contributed by atoms with van der Waals surface area (Å²) in [4.78, 5) is 16.5. The summed E-state index contributed by atoms with van der Waals surface area (Å²) in [7, 11) is 0. The number of hydrogen-bond acceptors (Lipinski definition) is 2. The highest BCUT2D eigenvalue weighted by molar-refractivity contribution is 5.74. The van der Waals surface area contributed by atoms with Crippen molar-refractivity contribution in [1.29, 1.82) is 0 Å². The van der Waals surface area contributed by atoms with Gasteiger partial charge in [0.25, 0.3) is 0 Å². The summed E-state index contributed by atoms with van der Waals surface area (Å²) >= 11 is 0. The van der Waals surface area contributed by atoms with E-state index < -0.39 is 0 Å². The Bertz CT molecular complexity index is 518. The van der Waals surface area contributed by atoms with Crippen molar-refractivity contribution >= 4 is 6.03 Å². The molecule has 0 spiro atoms. The Labute approximate surface area is 132 Å². The fraction of sp³-hybridized carbons (Fsp3) is 0.333. The number of carbonyl (C=O) groups excluding carboxylic acids is 1. The van der Waals surface area contributed by atoms with E-state index in [1.807, 2.05) is 48.5 Å². The van der Waals surface area contributed by atoms with Crippen molar-refractivity contribution < 1.29 is 4.79 Å². The maximum absolute atomic E-state index is 12.1. The van der Waals surface area contributed by atoms with E-state index in [0.717, 1.165) is 30.5 Å². The van der Waals surface area contributed by atoms with E-state index in [-0.39, 0.29) is 12.1 Å². The lowest BCUT2D eigenvalue weighted by molar-refractivity contribution is 0.238. The Morgan fingerprint density at radius 3 is 2.55 bits per heavy atom. The quantitative estimate of drug-likeness (QED) is 0.766. The first-order valence-corrected chi connectivity index (χ1v) is 7.81. The maximum Gasteiger partial charge on any atom is 0.315 e. The first kappa shape index (κ1) is 16.0. The number of rotatable bonds is 7. The molecule has 0 saturated heterocycles. The lowest BCUT2D eigenvalue weighted by Gasteiger charge is -2.19. The van der Waals surface area contributed by atoms with Gasteiger partial charge in [-0.1, -0.05) is 56.2 Å². The van der Waals surface area contributed by atoms with E-state index in [4.69, 9.17) is 0 Å². The second-order valence-electron chi connectivity index (χ2n) is 5.21. The summed E-state index contributed by atoms with van der Waals surface area (Å²) in [5, 5.41) is 5.92. The molecule has 22 heavy (non-hydrogen) atoms. The van der Waals surface area contributed by atoms with Gasteiger partial charge in [-0.3, -0.25) is 4.98 Å². The van der Waals surface area contributed by atoms with E-state index >= 15 is 0 Å². The highest BCUT2D eigenvalue weighted by Crippen LogP contribution is 2.19. The normalized spacial score (nSPS) is 11.7. The molecule has 1 heterocycles. The van der Waals surface area contributed by atoms with Crippen LogP contribution in [0, 0.1) is 0 Å². The summed E-state index contributed by atoms with van der Waals surface area (Å²) in [6.07, 6.45) is 5.02. The van der Waals surface area contributed by atoms with Crippen LogP contribution >= 0.6 is 0 Å². The number of nitrogens with one attached hydrogen (secondary N) is 2. The van der Waals surface area contributed by atoms with Gasteiger partial charge < -0.3 is 10.6 Å². The minimum Gasteiger partial charge on any atom is -0.338 e. The fourth-order valence-corrected chi connectivity index (χ4v) is 2.28. The molecule has 0 bridgehead atoms. The van der Waals surface area contributed by atoms with Crippen LogP contribution in [0.1, 0.15) is 43.5 Å². The van der Waals surface area contributed by atoms with Crippen LogP contribution in [0.5, 0.6) is 0 Å². The maximum atomic E-state index is 12.1. The Morgan fingerprint density at radius 2 is 1.86 bits per heavy atom. The molecule has 2 aromatic rings. The van der Waals surface area contributed by atoms with E-state index in [1.54, 1.807) is 6.20 Å². The number of amides is 2. The molecule has 0 saturated carbocycles. The van der Waals surface area contributed by atoms with Gasteiger partial charge in [-0.15, -0.1) is 0 Å². The highest BCUT2D eigenvalue weighted by Gasteiger charge is 2.17. The third kappa shape index (κ3) is 4.88. The van der Waals surface area contributed by atoms with E-state index in [9.17, 15) is 4.79 Å². The Morgan fingerprint density at radius 1 is 1.09 bits per heavy atom. The fourth-order valence-electron chi connectivity index (χ4n) is 2.28. The van der Waals surface area contributed by atoms with Crippen LogP contribution in [0.3, 0.4) is 0 Å². The number of urea groups is 1. The first-order chi connectivity index (χ1) is 10.8. The number of hydrogen-bond donors (Lipinski definition) is 2. The van der Waals surface area contributed by atoms with Gasteiger partial charge >= 0.3 is 6.03 Å². The monoisotopic (exact) mass is 297 g/mol. The van der Waals surface area contributed by atoms with Crippen LogP contribution in [0.15, 0.2) is 54.7 Å².